The van der Waals surface area contributed by atoms with E-state index >= 15 is 0 Å². The molecule has 0 bridgehead atoms. The Morgan fingerprint density at radius 2 is 2.11 bits per heavy atom. The van der Waals surface area contributed by atoms with Crippen LogP contribution in [0.5, 0.6) is 0 Å². The normalized spacial score (nSPS) is 32.4. The van der Waals surface area contributed by atoms with Gasteiger partial charge in [0.25, 0.3) is 0 Å². The Morgan fingerprint density at radius 3 is 2.74 bits per heavy atom. The largest absolute Gasteiger partial charge is 0.316 e. The van der Waals surface area contributed by atoms with Crippen molar-refractivity contribution in [3.8, 4) is 0 Å². The number of rotatable bonds is 5. The van der Waals surface area contributed by atoms with E-state index in [9.17, 15) is 4.39 Å². The molecule has 1 N–H and O–H groups in total. The van der Waals surface area contributed by atoms with Crippen molar-refractivity contribution in [2.24, 2.45) is 17.3 Å². The van der Waals surface area contributed by atoms with Crippen LogP contribution >= 0.6 is 11.6 Å². The molecule has 19 heavy (non-hydrogen) atoms. The monoisotopic (exact) mass is 281 g/mol. The first-order valence-corrected chi connectivity index (χ1v) is 7.65. The second-order valence-electron chi connectivity index (χ2n) is 6.32. The van der Waals surface area contributed by atoms with Gasteiger partial charge in [0.15, 0.2) is 0 Å². The molecule has 3 rings (SSSR count). The third-order valence-corrected chi connectivity index (χ3v) is 5.18. The maximum Gasteiger partial charge on any atom is 0.127 e. The predicted octanol–water partition coefficient (Wildman–Crippen LogP) is 4.05. The average Bonchev–Trinajstić information content (AvgIpc) is 3.00. The highest BCUT2D eigenvalue weighted by Crippen LogP contribution is 2.60. The van der Waals surface area contributed by atoms with Crippen LogP contribution in [0.15, 0.2) is 18.2 Å². The molecular formula is C16H21ClFN. The van der Waals surface area contributed by atoms with Gasteiger partial charge in [-0.3, -0.25) is 0 Å². The van der Waals surface area contributed by atoms with Crippen LogP contribution in [0.4, 0.5) is 4.39 Å². The van der Waals surface area contributed by atoms with Crippen molar-refractivity contribution in [2.75, 3.05) is 13.1 Å². The lowest BCUT2D eigenvalue weighted by atomic mass is 9.77. The zero-order chi connectivity index (χ0) is 13.5. The van der Waals surface area contributed by atoms with E-state index < -0.39 is 0 Å². The van der Waals surface area contributed by atoms with Crippen molar-refractivity contribution in [1.29, 1.82) is 0 Å². The highest BCUT2D eigenvalue weighted by molar-refractivity contribution is 6.31. The standard InChI is InChI=1S/C16H21ClFN/c1-2-19-10-16(7-11-6-12(11)8-16)9-13-14(17)4-3-5-15(13)18/h3-5,11-12,19H,2,6-10H2,1H3. The molecule has 2 aliphatic carbocycles. The summed E-state index contributed by atoms with van der Waals surface area (Å²) < 4.78 is 14.0. The Balaban J connectivity index is 1.81. The van der Waals surface area contributed by atoms with Crippen LogP contribution < -0.4 is 5.32 Å². The van der Waals surface area contributed by atoms with Gasteiger partial charge < -0.3 is 5.32 Å². The molecule has 104 valence electrons. The molecule has 2 atom stereocenters. The van der Waals surface area contributed by atoms with Crippen LogP contribution in [-0.4, -0.2) is 13.1 Å². The smallest absolute Gasteiger partial charge is 0.127 e. The van der Waals surface area contributed by atoms with Crippen LogP contribution in [0.1, 0.15) is 31.7 Å². The molecular weight excluding hydrogens is 261 g/mol. The Morgan fingerprint density at radius 1 is 1.37 bits per heavy atom. The van der Waals surface area contributed by atoms with E-state index in [0.717, 1.165) is 31.3 Å². The van der Waals surface area contributed by atoms with Crippen LogP contribution in [0.3, 0.4) is 0 Å². The first-order valence-electron chi connectivity index (χ1n) is 7.27. The molecule has 1 aromatic carbocycles. The van der Waals surface area contributed by atoms with Crippen molar-refractivity contribution < 1.29 is 4.39 Å². The molecule has 2 unspecified atom stereocenters. The van der Waals surface area contributed by atoms with Gasteiger partial charge in [-0.25, -0.2) is 4.39 Å². The fourth-order valence-corrected chi connectivity index (χ4v) is 4.05. The first kappa shape index (κ1) is 13.4. The second-order valence-corrected chi connectivity index (χ2v) is 6.73. The molecule has 0 heterocycles. The minimum Gasteiger partial charge on any atom is -0.316 e. The van der Waals surface area contributed by atoms with E-state index in [1.807, 2.05) is 0 Å². The first-order chi connectivity index (χ1) is 9.13. The van der Waals surface area contributed by atoms with Crippen LogP contribution in [0.2, 0.25) is 5.02 Å². The van der Waals surface area contributed by atoms with Crippen molar-refractivity contribution in [3.63, 3.8) is 0 Å². The van der Waals surface area contributed by atoms with E-state index in [1.165, 1.54) is 25.3 Å². The minimum absolute atomic E-state index is 0.149. The summed E-state index contributed by atoms with van der Waals surface area (Å²) in [4.78, 5) is 0. The highest BCUT2D eigenvalue weighted by atomic mass is 35.5. The number of hydrogen-bond acceptors (Lipinski definition) is 1. The van der Waals surface area contributed by atoms with Gasteiger partial charge in [0, 0.05) is 17.1 Å². The zero-order valence-corrected chi connectivity index (χ0v) is 12.1. The minimum atomic E-state index is -0.149. The predicted molar refractivity (Wildman–Crippen MR) is 76.9 cm³/mol. The summed E-state index contributed by atoms with van der Waals surface area (Å²) >= 11 is 6.19. The fraction of sp³-hybridized carbons (Fsp3) is 0.625. The molecule has 0 radical (unpaired) electrons. The van der Waals surface area contributed by atoms with Gasteiger partial charge in [0.1, 0.15) is 5.82 Å². The van der Waals surface area contributed by atoms with Crippen molar-refractivity contribution in [3.05, 3.63) is 34.6 Å². The quantitative estimate of drug-likeness (QED) is 0.859. The summed E-state index contributed by atoms with van der Waals surface area (Å²) in [5.41, 5.74) is 0.929. The number of hydrogen-bond donors (Lipinski definition) is 1. The molecule has 2 saturated carbocycles. The van der Waals surface area contributed by atoms with Gasteiger partial charge in [-0.05, 0) is 61.6 Å². The third-order valence-electron chi connectivity index (χ3n) is 4.82. The maximum absolute atomic E-state index is 14.0. The van der Waals surface area contributed by atoms with Gasteiger partial charge >= 0.3 is 0 Å². The molecule has 0 spiro atoms. The fourth-order valence-electron chi connectivity index (χ4n) is 3.82. The SMILES string of the molecule is CCNCC1(Cc2c(F)cccc2Cl)CC2CC2C1. The molecule has 1 nitrogen and oxygen atoms in total. The van der Waals surface area contributed by atoms with Gasteiger partial charge in [0.05, 0.1) is 0 Å². The van der Waals surface area contributed by atoms with Gasteiger partial charge in [-0.1, -0.05) is 24.6 Å². The highest BCUT2D eigenvalue weighted by Gasteiger charge is 2.53. The molecule has 0 amide bonds. The number of nitrogens with one attached hydrogen (secondary N) is 1. The number of fused-ring (bicyclic) bond motifs is 1. The molecule has 0 aliphatic heterocycles. The lowest BCUT2D eigenvalue weighted by Crippen LogP contribution is -2.35. The Hall–Kier alpha value is -0.600. The van der Waals surface area contributed by atoms with E-state index in [-0.39, 0.29) is 11.2 Å². The van der Waals surface area contributed by atoms with Gasteiger partial charge in [-0.2, -0.15) is 0 Å². The number of benzene rings is 1. The lowest BCUT2D eigenvalue weighted by molar-refractivity contribution is 0.248. The third kappa shape index (κ3) is 2.66. The Bertz CT molecular complexity index is 444. The number of halogens is 2. The van der Waals surface area contributed by atoms with E-state index in [4.69, 9.17) is 11.6 Å². The average molecular weight is 282 g/mol. The molecule has 2 fully saturated rings. The lowest BCUT2D eigenvalue weighted by Gasteiger charge is -2.32. The topological polar surface area (TPSA) is 12.0 Å². The molecule has 3 heteroatoms. The molecule has 1 aromatic rings. The summed E-state index contributed by atoms with van der Waals surface area (Å²) in [6, 6.07) is 5.01. The van der Waals surface area contributed by atoms with E-state index in [2.05, 4.69) is 12.2 Å². The Labute approximate surface area is 119 Å². The summed E-state index contributed by atoms with van der Waals surface area (Å²) in [5.74, 6) is 1.64. The van der Waals surface area contributed by atoms with Crippen LogP contribution in [-0.2, 0) is 6.42 Å². The molecule has 0 saturated heterocycles. The summed E-state index contributed by atoms with van der Waals surface area (Å²) in [6.07, 6.45) is 4.63. The molecule has 0 aromatic heterocycles. The van der Waals surface area contributed by atoms with Crippen molar-refractivity contribution in [1.82, 2.24) is 5.32 Å². The summed E-state index contributed by atoms with van der Waals surface area (Å²) in [7, 11) is 0. The summed E-state index contributed by atoms with van der Waals surface area (Å²) in [6.45, 7) is 4.09. The van der Waals surface area contributed by atoms with Gasteiger partial charge in [-0.15, -0.1) is 0 Å². The van der Waals surface area contributed by atoms with E-state index in [0.29, 0.717) is 10.6 Å². The van der Waals surface area contributed by atoms with Gasteiger partial charge in [0.2, 0.25) is 0 Å². The van der Waals surface area contributed by atoms with Crippen LogP contribution in [0.25, 0.3) is 0 Å². The maximum atomic E-state index is 14.0. The van der Waals surface area contributed by atoms with Crippen molar-refractivity contribution in [2.45, 2.75) is 32.6 Å². The van der Waals surface area contributed by atoms with Crippen LogP contribution in [0, 0.1) is 23.1 Å². The van der Waals surface area contributed by atoms with Crippen molar-refractivity contribution >= 4 is 11.6 Å². The Kier molecular flexibility index (Phi) is 3.57. The molecule has 2 aliphatic rings. The van der Waals surface area contributed by atoms with E-state index in [1.54, 1.807) is 12.1 Å². The summed E-state index contributed by atoms with van der Waals surface area (Å²) in [5, 5.41) is 4.05. The second kappa shape index (κ2) is 5.06. The zero-order valence-electron chi connectivity index (χ0n) is 11.4.